The van der Waals surface area contributed by atoms with Crippen LogP contribution in [-0.2, 0) is 6.18 Å². The van der Waals surface area contributed by atoms with E-state index in [1.54, 1.807) is 29.2 Å². The Kier molecular flexibility index (Phi) is 6.16. The molecule has 0 N–H and O–H groups in total. The van der Waals surface area contributed by atoms with Gasteiger partial charge in [-0.05, 0) is 42.8 Å². The molecule has 9 heteroatoms. The summed E-state index contributed by atoms with van der Waals surface area (Å²) in [6.07, 6.45) is -2.42. The molecule has 1 aliphatic rings. The van der Waals surface area contributed by atoms with Gasteiger partial charge in [0.25, 0.3) is 5.91 Å². The molecular formula is C23H22F3N3O3. The maximum absolute atomic E-state index is 12.9. The minimum Gasteiger partial charge on any atom is -0.494 e. The second-order valence-corrected chi connectivity index (χ2v) is 7.67. The van der Waals surface area contributed by atoms with Crippen molar-refractivity contribution in [2.75, 3.05) is 19.7 Å². The van der Waals surface area contributed by atoms with Crippen molar-refractivity contribution in [2.24, 2.45) is 0 Å². The van der Waals surface area contributed by atoms with Crippen LogP contribution in [0.4, 0.5) is 13.2 Å². The molecule has 0 radical (unpaired) electrons. The van der Waals surface area contributed by atoms with E-state index < -0.39 is 11.7 Å². The minimum atomic E-state index is -4.45. The summed E-state index contributed by atoms with van der Waals surface area (Å²) in [7, 11) is 0. The van der Waals surface area contributed by atoms with E-state index in [4.69, 9.17) is 9.26 Å². The maximum atomic E-state index is 12.9. The number of hydrogen-bond donors (Lipinski definition) is 0. The molecule has 4 rings (SSSR count). The normalized spacial score (nSPS) is 14.3. The molecule has 6 nitrogen and oxygen atoms in total. The first kappa shape index (κ1) is 21.9. The third-order valence-electron chi connectivity index (χ3n) is 5.28. The first-order chi connectivity index (χ1) is 15.3. The zero-order valence-electron chi connectivity index (χ0n) is 17.4. The Hall–Kier alpha value is -3.36. The standard InChI is InChI=1S/C23H22F3N3O3/c1-2-3-11-31-19-9-7-15(8-10-19)22(30)29-13-17(14-29)21-27-20(28-32-21)16-5-4-6-18(12-16)23(24,25)26/h4-10,12,17H,2-3,11,13-14H2,1H3. The van der Waals surface area contributed by atoms with Gasteiger partial charge in [0.05, 0.1) is 18.1 Å². The van der Waals surface area contributed by atoms with Gasteiger partial charge in [-0.3, -0.25) is 4.79 Å². The second kappa shape index (κ2) is 9.02. The number of carbonyl (C=O) groups is 1. The molecule has 0 aliphatic carbocycles. The zero-order chi connectivity index (χ0) is 22.7. The lowest BCUT2D eigenvalue weighted by atomic mass is 9.98. The molecule has 0 atom stereocenters. The first-order valence-corrected chi connectivity index (χ1v) is 10.4. The van der Waals surface area contributed by atoms with Crippen molar-refractivity contribution in [3.8, 4) is 17.1 Å². The van der Waals surface area contributed by atoms with Crippen LogP contribution < -0.4 is 4.74 Å². The molecule has 3 aromatic rings. The number of carbonyl (C=O) groups excluding carboxylic acids is 1. The lowest BCUT2D eigenvalue weighted by molar-refractivity contribution is -0.137. The molecule has 168 valence electrons. The van der Waals surface area contributed by atoms with Gasteiger partial charge in [-0.15, -0.1) is 0 Å². The molecule has 1 saturated heterocycles. The third-order valence-corrected chi connectivity index (χ3v) is 5.28. The summed E-state index contributed by atoms with van der Waals surface area (Å²) < 4.78 is 49.6. The smallest absolute Gasteiger partial charge is 0.416 e. The van der Waals surface area contributed by atoms with Crippen LogP contribution >= 0.6 is 0 Å². The van der Waals surface area contributed by atoms with E-state index in [-0.39, 0.29) is 23.2 Å². The Bertz CT molecular complexity index is 1070. The highest BCUT2D eigenvalue weighted by Crippen LogP contribution is 2.33. The summed E-state index contributed by atoms with van der Waals surface area (Å²) in [5, 5.41) is 3.81. The third kappa shape index (κ3) is 4.76. The number of unbranched alkanes of at least 4 members (excludes halogenated alkanes) is 1. The number of alkyl halides is 3. The van der Waals surface area contributed by atoms with Crippen molar-refractivity contribution >= 4 is 5.91 Å². The fourth-order valence-corrected chi connectivity index (χ4v) is 3.36. The van der Waals surface area contributed by atoms with Gasteiger partial charge in [0, 0.05) is 24.2 Å². The topological polar surface area (TPSA) is 68.5 Å². The SMILES string of the molecule is CCCCOc1ccc(C(=O)N2CC(c3nc(-c4cccc(C(F)(F)F)c4)no3)C2)cc1. The van der Waals surface area contributed by atoms with Crippen molar-refractivity contribution in [2.45, 2.75) is 31.9 Å². The number of rotatable bonds is 7. The maximum Gasteiger partial charge on any atom is 0.416 e. The molecule has 0 bridgehead atoms. The van der Waals surface area contributed by atoms with Crippen molar-refractivity contribution in [1.82, 2.24) is 15.0 Å². The van der Waals surface area contributed by atoms with Crippen LogP contribution in [0.1, 0.15) is 47.5 Å². The fourth-order valence-electron chi connectivity index (χ4n) is 3.36. The van der Waals surface area contributed by atoms with Crippen molar-refractivity contribution < 1.29 is 27.2 Å². The molecule has 2 heterocycles. The summed E-state index contributed by atoms with van der Waals surface area (Å²) in [4.78, 5) is 18.5. The Balaban J connectivity index is 1.35. The molecule has 1 aliphatic heterocycles. The molecule has 1 fully saturated rings. The van der Waals surface area contributed by atoms with Crippen LogP contribution in [0.15, 0.2) is 53.1 Å². The largest absolute Gasteiger partial charge is 0.494 e. The Morgan fingerprint density at radius 3 is 2.62 bits per heavy atom. The van der Waals surface area contributed by atoms with Crippen molar-refractivity contribution in [3.05, 3.63) is 65.5 Å². The van der Waals surface area contributed by atoms with E-state index >= 15 is 0 Å². The Morgan fingerprint density at radius 1 is 1.19 bits per heavy atom. The summed E-state index contributed by atoms with van der Waals surface area (Å²) >= 11 is 0. The van der Waals surface area contributed by atoms with Gasteiger partial charge in [-0.25, -0.2) is 0 Å². The summed E-state index contributed by atoms with van der Waals surface area (Å²) in [5.41, 5.74) is 0.00773. The van der Waals surface area contributed by atoms with Crippen molar-refractivity contribution in [3.63, 3.8) is 0 Å². The molecule has 0 unspecified atom stereocenters. The van der Waals surface area contributed by atoms with E-state index in [1.807, 2.05) is 0 Å². The van der Waals surface area contributed by atoms with E-state index in [0.29, 0.717) is 31.2 Å². The molecule has 0 spiro atoms. The van der Waals surface area contributed by atoms with Gasteiger partial charge in [-0.2, -0.15) is 18.2 Å². The number of halogens is 3. The molecule has 1 aromatic heterocycles. The predicted octanol–water partition coefficient (Wildman–Crippen LogP) is 5.17. The van der Waals surface area contributed by atoms with Crippen LogP contribution in [0.2, 0.25) is 0 Å². The van der Waals surface area contributed by atoms with E-state index in [2.05, 4.69) is 17.1 Å². The molecule has 32 heavy (non-hydrogen) atoms. The van der Waals surface area contributed by atoms with E-state index in [0.717, 1.165) is 30.7 Å². The number of benzene rings is 2. The number of amides is 1. The number of aromatic nitrogens is 2. The molecule has 0 saturated carbocycles. The van der Waals surface area contributed by atoms with Gasteiger partial charge in [0.2, 0.25) is 11.7 Å². The fraction of sp³-hybridized carbons (Fsp3) is 0.348. The number of likely N-dealkylation sites (tertiary alicyclic amines) is 1. The second-order valence-electron chi connectivity index (χ2n) is 7.67. The van der Waals surface area contributed by atoms with Gasteiger partial charge in [0.1, 0.15) is 5.75 Å². The Morgan fingerprint density at radius 2 is 1.94 bits per heavy atom. The average molecular weight is 445 g/mol. The molecule has 1 amide bonds. The lowest BCUT2D eigenvalue weighted by Crippen LogP contribution is -2.48. The van der Waals surface area contributed by atoms with Gasteiger partial charge < -0.3 is 14.2 Å². The number of hydrogen-bond acceptors (Lipinski definition) is 5. The first-order valence-electron chi connectivity index (χ1n) is 10.4. The zero-order valence-corrected chi connectivity index (χ0v) is 17.4. The minimum absolute atomic E-state index is 0.0922. The monoisotopic (exact) mass is 445 g/mol. The summed E-state index contributed by atoms with van der Waals surface area (Å²) in [5.74, 6) is 0.863. The van der Waals surface area contributed by atoms with Crippen LogP contribution in [-0.4, -0.2) is 40.6 Å². The number of nitrogens with zero attached hydrogens (tertiary/aromatic N) is 3. The van der Waals surface area contributed by atoms with Crippen LogP contribution in [0, 0.1) is 0 Å². The van der Waals surface area contributed by atoms with Crippen LogP contribution in [0.25, 0.3) is 11.4 Å². The Labute approximate surface area is 183 Å². The lowest BCUT2D eigenvalue weighted by Gasteiger charge is -2.37. The highest BCUT2D eigenvalue weighted by molar-refractivity contribution is 5.95. The highest BCUT2D eigenvalue weighted by atomic mass is 19.4. The predicted molar refractivity (Wildman–Crippen MR) is 110 cm³/mol. The van der Waals surface area contributed by atoms with Gasteiger partial charge in [-0.1, -0.05) is 30.6 Å². The average Bonchev–Trinajstić information content (AvgIpc) is 3.22. The number of ether oxygens (including phenoxy) is 1. The van der Waals surface area contributed by atoms with E-state index in [9.17, 15) is 18.0 Å². The molecule has 2 aromatic carbocycles. The summed E-state index contributed by atoms with van der Waals surface area (Å²) in [6, 6.07) is 11.8. The highest BCUT2D eigenvalue weighted by Gasteiger charge is 2.36. The van der Waals surface area contributed by atoms with Crippen LogP contribution in [0.3, 0.4) is 0 Å². The van der Waals surface area contributed by atoms with Gasteiger partial charge >= 0.3 is 6.18 Å². The molecular weight excluding hydrogens is 423 g/mol. The van der Waals surface area contributed by atoms with E-state index in [1.165, 1.54) is 12.1 Å². The quantitative estimate of drug-likeness (QED) is 0.469. The van der Waals surface area contributed by atoms with Crippen LogP contribution in [0.5, 0.6) is 5.75 Å². The van der Waals surface area contributed by atoms with Crippen molar-refractivity contribution in [1.29, 1.82) is 0 Å². The summed E-state index contributed by atoms with van der Waals surface area (Å²) in [6.45, 7) is 3.53. The van der Waals surface area contributed by atoms with Gasteiger partial charge in [0.15, 0.2) is 0 Å².